The third-order valence-electron chi connectivity index (χ3n) is 8.18. The van der Waals surface area contributed by atoms with Crippen LogP contribution in [0.15, 0.2) is 72.8 Å². The molecule has 4 aromatic rings. The average molecular weight is 520 g/mol. The number of aromatic nitrogens is 1. The Labute approximate surface area is 230 Å². The standard InChI is InChI=1S/C33H37N5O/c1-23-6-8-24(9-7-23)21-35-32-20-30(33(39)38-18-4-5-28(38)22-37-16-2-3-17-37)29-19-26(12-15-31(29)36-32)25-10-13-27(34)14-11-25/h6-15,19-20,28H,2-5,16-18,21-22,34H2,1H3,(H,35,36)/t28-/m0/s1. The maximum Gasteiger partial charge on any atom is 0.254 e. The van der Waals surface area contributed by atoms with Gasteiger partial charge in [-0.05, 0) is 92.7 Å². The molecular weight excluding hydrogens is 482 g/mol. The Hall–Kier alpha value is -3.90. The Bertz CT molecular complexity index is 1460. The fraction of sp³-hybridized carbons (Fsp3) is 0.333. The van der Waals surface area contributed by atoms with E-state index in [9.17, 15) is 4.79 Å². The number of aryl methyl sites for hydroxylation is 1. The Morgan fingerprint density at radius 2 is 1.67 bits per heavy atom. The van der Waals surface area contributed by atoms with Gasteiger partial charge in [-0.2, -0.15) is 0 Å². The highest BCUT2D eigenvalue weighted by molar-refractivity contribution is 6.08. The summed E-state index contributed by atoms with van der Waals surface area (Å²) in [6.45, 7) is 6.82. The molecule has 0 unspecified atom stereocenters. The van der Waals surface area contributed by atoms with Crippen LogP contribution in [0.3, 0.4) is 0 Å². The van der Waals surface area contributed by atoms with Gasteiger partial charge in [-0.1, -0.05) is 48.0 Å². The van der Waals surface area contributed by atoms with Crippen LogP contribution in [0.5, 0.6) is 0 Å². The topological polar surface area (TPSA) is 74.5 Å². The summed E-state index contributed by atoms with van der Waals surface area (Å²) < 4.78 is 0. The Morgan fingerprint density at radius 3 is 2.44 bits per heavy atom. The number of amides is 1. The summed E-state index contributed by atoms with van der Waals surface area (Å²) in [6.07, 6.45) is 4.65. The number of rotatable bonds is 7. The monoisotopic (exact) mass is 519 g/mol. The minimum Gasteiger partial charge on any atom is -0.399 e. The number of nitrogen functional groups attached to an aromatic ring is 1. The lowest BCUT2D eigenvalue weighted by atomic mass is 9.99. The van der Waals surface area contributed by atoms with Gasteiger partial charge >= 0.3 is 0 Å². The summed E-state index contributed by atoms with van der Waals surface area (Å²) in [7, 11) is 0. The number of pyridine rings is 1. The molecule has 1 atom stereocenters. The summed E-state index contributed by atoms with van der Waals surface area (Å²) in [4.78, 5) is 23.8. The highest BCUT2D eigenvalue weighted by atomic mass is 16.2. The van der Waals surface area contributed by atoms with Crippen molar-refractivity contribution in [3.63, 3.8) is 0 Å². The van der Waals surface area contributed by atoms with Gasteiger partial charge in [0.2, 0.25) is 0 Å². The van der Waals surface area contributed by atoms with Crippen LogP contribution < -0.4 is 11.1 Å². The predicted octanol–water partition coefficient (Wildman–Crippen LogP) is 6.10. The van der Waals surface area contributed by atoms with Crippen molar-refractivity contribution in [1.82, 2.24) is 14.8 Å². The summed E-state index contributed by atoms with van der Waals surface area (Å²) in [5.74, 6) is 0.832. The summed E-state index contributed by atoms with van der Waals surface area (Å²) in [6, 6.07) is 24.8. The van der Waals surface area contributed by atoms with Gasteiger partial charge < -0.3 is 20.9 Å². The van der Waals surface area contributed by atoms with Crippen LogP contribution >= 0.6 is 0 Å². The Balaban J connectivity index is 1.35. The van der Waals surface area contributed by atoms with E-state index in [1.807, 2.05) is 36.4 Å². The zero-order valence-corrected chi connectivity index (χ0v) is 22.7. The number of hydrogen-bond acceptors (Lipinski definition) is 5. The summed E-state index contributed by atoms with van der Waals surface area (Å²) in [5.41, 5.74) is 12.7. The van der Waals surface area contributed by atoms with Crippen molar-refractivity contribution in [3.05, 3.63) is 89.5 Å². The second kappa shape index (κ2) is 11.1. The van der Waals surface area contributed by atoms with Gasteiger partial charge in [-0.3, -0.25) is 4.79 Å². The molecule has 39 heavy (non-hydrogen) atoms. The number of benzene rings is 3. The summed E-state index contributed by atoms with van der Waals surface area (Å²) in [5, 5.41) is 4.37. The molecule has 3 aromatic carbocycles. The number of hydrogen-bond donors (Lipinski definition) is 2. The number of carbonyl (C=O) groups excluding carboxylic acids is 1. The zero-order chi connectivity index (χ0) is 26.8. The second-order valence-corrected chi connectivity index (χ2v) is 11.1. The molecule has 3 heterocycles. The van der Waals surface area contributed by atoms with Crippen molar-refractivity contribution < 1.29 is 4.79 Å². The number of nitrogens with two attached hydrogens (primary N) is 1. The van der Waals surface area contributed by atoms with Gasteiger partial charge in [-0.15, -0.1) is 0 Å². The van der Waals surface area contributed by atoms with Crippen molar-refractivity contribution in [3.8, 4) is 11.1 Å². The van der Waals surface area contributed by atoms with Crippen molar-refractivity contribution in [1.29, 1.82) is 0 Å². The number of likely N-dealkylation sites (tertiary alicyclic amines) is 2. The SMILES string of the molecule is Cc1ccc(CNc2cc(C(=O)N3CCC[C@H]3CN3CCCC3)c3cc(-c4ccc(N)cc4)ccc3n2)cc1. The molecular formula is C33H37N5O. The van der Waals surface area contributed by atoms with E-state index in [1.54, 1.807) is 0 Å². The molecule has 2 aliphatic heterocycles. The zero-order valence-electron chi connectivity index (χ0n) is 22.7. The van der Waals surface area contributed by atoms with E-state index in [-0.39, 0.29) is 11.9 Å². The van der Waals surface area contributed by atoms with Crippen LogP contribution in [0.2, 0.25) is 0 Å². The van der Waals surface area contributed by atoms with Crippen molar-refractivity contribution >= 4 is 28.3 Å². The van der Waals surface area contributed by atoms with E-state index in [4.69, 9.17) is 10.7 Å². The first-order valence-corrected chi connectivity index (χ1v) is 14.2. The van der Waals surface area contributed by atoms with E-state index < -0.39 is 0 Å². The highest BCUT2D eigenvalue weighted by Crippen LogP contribution is 2.31. The molecule has 0 spiro atoms. The third kappa shape index (κ3) is 5.62. The normalized spacial score (nSPS) is 17.7. The molecule has 2 saturated heterocycles. The van der Waals surface area contributed by atoms with Gasteiger partial charge in [0.1, 0.15) is 5.82 Å². The molecule has 2 fully saturated rings. The molecule has 0 bridgehead atoms. The van der Waals surface area contributed by atoms with Crippen LogP contribution in [0.4, 0.5) is 11.5 Å². The van der Waals surface area contributed by atoms with E-state index in [0.717, 1.165) is 78.1 Å². The molecule has 0 aliphatic carbocycles. The maximum absolute atomic E-state index is 14.2. The Kier molecular flexibility index (Phi) is 7.20. The lowest BCUT2D eigenvalue weighted by Gasteiger charge is -2.29. The molecule has 1 amide bonds. The van der Waals surface area contributed by atoms with Crippen molar-refractivity contribution in [2.24, 2.45) is 0 Å². The number of nitrogens with zero attached hydrogens (tertiary/aromatic N) is 3. The molecule has 6 nitrogen and oxygen atoms in total. The first-order valence-electron chi connectivity index (χ1n) is 14.2. The third-order valence-corrected chi connectivity index (χ3v) is 8.18. The number of nitrogens with one attached hydrogen (secondary N) is 1. The van der Waals surface area contributed by atoms with Crippen LogP contribution in [0, 0.1) is 6.92 Å². The fourth-order valence-electron chi connectivity index (χ4n) is 5.96. The van der Waals surface area contributed by atoms with Gasteiger partial charge in [0.25, 0.3) is 5.91 Å². The highest BCUT2D eigenvalue weighted by Gasteiger charge is 2.32. The van der Waals surface area contributed by atoms with Crippen molar-refractivity contribution in [2.75, 3.05) is 37.2 Å². The van der Waals surface area contributed by atoms with E-state index in [2.05, 4.69) is 58.4 Å². The molecule has 1 aromatic heterocycles. The molecule has 0 saturated carbocycles. The van der Waals surface area contributed by atoms with Gasteiger partial charge in [-0.25, -0.2) is 4.98 Å². The van der Waals surface area contributed by atoms with Gasteiger partial charge in [0, 0.05) is 36.7 Å². The molecule has 2 aliphatic rings. The molecule has 6 heteroatoms. The largest absolute Gasteiger partial charge is 0.399 e. The predicted molar refractivity (Wildman–Crippen MR) is 160 cm³/mol. The smallest absolute Gasteiger partial charge is 0.254 e. The fourth-order valence-corrected chi connectivity index (χ4v) is 5.96. The number of anilines is 2. The second-order valence-electron chi connectivity index (χ2n) is 11.1. The minimum atomic E-state index is 0.108. The lowest BCUT2D eigenvalue weighted by Crippen LogP contribution is -2.42. The van der Waals surface area contributed by atoms with Crippen LogP contribution in [-0.2, 0) is 6.54 Å². The first kappa shape index (κ1) is 25.4. The molecule has 0 radical (unpaired) electrons. The number of carbonyl (C=O) groups is 1. The quantitative estimate of drug-likeness (QED) is 0.288. The van der Waals surface area contributed by atoms with E-state index in [0.29, 0.717) is 6.54 Å². The average Bonchev–Trinajstić information content (AvgIpc) is 3.65. The van der Waals surface area contributed by atoms with Gasteiger partial charge in [0.15, 0.2) is 0 Å². The molecule has 6 rings (SSSR count). The van der Waals surface area contributed by atoms with Crippen molar-refractivity contribution in [2.45, 2.75) is 45.2 Å². The lowest BCUT2D eigenvalue weighted by molar-refractivity contribution is 0.0710. The van der Waals surface area contributed by atoms with E-state index in [1.165, 1.54) is 24.0 Å². The van der Waals surface area contributed by atoms with Crippen LogP contribution in [0.1, 0.15) is 47.2 Å². The number of fused-ring (bicyclic) bond motifs is 1. The van der Waals surface area contributed by atoms with Crippen LogP contribution in [0.25, 0.3) is 22.0 Å². The van der Waals surface area contributed by atoms with Crippen LogP contribution in [-0.4, -0.2) is 52.9 Å². The summed E-state index contributed by atoms with van der Waals surface area (Å²) >= 11 is 0. The minimum absolute atomic E-state index is 0.108. The molecule has 200 valence electrons. The van der Waals surface area contributed by atoms with E-state index >= 15 is 0 Å². The maximum atomic E-state index is 14.2. The Morgan fingerprint density at radius 1 is 0.923 bits per heavy atom. The van der Waals surface area contributed by atoms with Gasteiger partial charge in [0.05, 0.1) is 11.1 Å². The first-order chi connectivity index (χ1) is 19.0. The molecule has 3 N–H and O–H groups in total.